The Balaban J connectivity index is 1.61. The minimum Gasteiger partial charge on any atom is -0.365 e. The Morgan fingerprint density at radius 3 is 2.59 bits per heavy atom. The van der Waals surface area contributed by atoms with Crippen LogP contribution < -0.4 is 10.2 Å². The molecule has 2 aromatic rings. The van der Waals surface area contributed by atoms with Crippen LogP contribution in [-0.2, 0) is 16.0 Å². The quantitative estimate of drug-likeness (QED) is 0.876. The number of ether oxygens (including phenoxy) is 1. The lowest BCUT2D eigenvalue weighted by molar-refractivity contribution is -0.129. The third kappa shape index (κ3) is 4.49. The molecule has 1 aliphatic heterocycles. The Labute approximate surface area is 155 Å². The Bertz CT molecular complexity index is 840. The van der Waals surface area contributed by atoms with E-state index in [1.165, 1.54) is 11.6 Å². The molecule has 3 rings (SSSR count). The number of hydrogen-bond donors (Lipinski definition) is 1. The average Bonchev–Trinajstić information content (AvgIpc) is 2.69. The molecule has 5 nitrogen and oxygen atoms in total. The molecular formula is C20H20F2N2O3. The first-order valence-corrected chi connectivity index (χ1v) is 8.72. The maximum atomic E-state index is 13.2. The largest absolute Gasteiger partial charge is 0.365 e. The van der Waals surface area contributed by atoms with E-state index in [-0.39, 0.29) is 24.6 Å². The highest BCUT2D eigenvalue weighted by molar-refractivity contribution is 5.95. The molecule has 0 spiro atoms. The van der Waals surface area contributed by atoms with Gasteiger partial charge in [-0.15, -0.1) is 0 Å². The second kappa shape index (κ2) is 8.26. The third-order valence-electron chi connectivity index (χ3n) is 4.46. The Morgan fingerprint density at radius 1 is 1.19 bits per heavy atom. The zero-order valence-corrected chi connectivity index (χ0v) is 14.9. The second-order valence-corrected chi connectivity index (χ2v) is 6.30. The van der Waals surface area contributed by atoms with Crippen LogP contribution in [0, 0.1) is 11.6 Å². The van der Waals surface area contributed by atoms with Crippen molar-refractivity contribution in [2.75, 3.05) is 24.6 Å². The summed E-state index contributed by atoms with van der Waals surface area (Å²) in [6.45, 7) is 2.42. The lowest BCUT2D eigenvalue weighted by Crippen LogP contribution is -2.50. The van der Waals surface area contributed by atoms with Gasteiger partial charge in [0.15, 0.2) is 11.6 Å². The number of nitrogens with one attached hydrogen (secondary N) is 1. The molecule has 1 saturated heterocycles. The lowest BCUT2D eigenvalue weighted by Gasteiger charge is -2.33. The molecule has 1 aliphatic rings. The van der Waals surface area contributed by atoms with E-state index in [2.05, 4.69) is 12.2 Å². The Kier molecular flexibility index (Phi) is 5.81. The van der Waals surface area contributed by atoms with Crippen LogP contribution in [0.1, 0.15) is 22.8 Å². The zero-order chi connectivity index (χ0) is 19.4. The summed E-state index contributed by atoms with van der Waals surface area (Å²) in [7, 11) is 0. The summed E-state index contributed by atoms with van der Waals surface area (Å²) < 4.78 is 31.7. The van der Waals surface area contributed by atoms with Crippen LogP contribution in [0.3, 0.4) is 0 Å². The summed E-state index contributed by atoms with van der Waals surface area (Å²) >= 11 is 0. The monoisotopic (exact) mass is 374 g/mol. The number of rotatable bonds is 5. The van der Waals surface area contributed by atoms with Crippen molar-refractivity contribution in [2.24, 2.45) is 0 Å². The molecule has 0 bridgehead atoms. The molecule has 1 atom stereocenters. The number of carbonyl (C=O) groups is 2. The van der Waals surface area contributed by atoms with Gasteiger partial charge in [0, 0.05) is 17.8 Å². The number of benzene rings is 2. The number of morpholine rings is 1. The summed E-state index contributed by atoms with van der Waals surface area (Å²) in [6, 6.07) is 10.7. The lowest BCUT2D eigenvalue weighted by atomic mass is 10.1. The van der Waals surface area contributed by atoms with Crippen LogP contribution in [0.15, 0.2) is 42.5 Å². The molecule has 7 heteroatoms. The number of carbonyl (C=O) groups excluding carboxylic acids is 2. The molecule has 2 aromatic carbocycles. The number of halogens is 2. The fraction of sp³-hybridized carbons (Fsp3) is 0.300. The van der Waals surface area contributed by atoms with Crippen molar-refractivity contribution in [1.82, 2.24) is 5.32 Å². The van der Waals surface area contributed by atoms with Gasteiger partial charge in [0.1, 0.15) is 6.61 Å². The Hall–Kier alpha value is -2.80. The number of nitrogens with zero attached hydrogens (tertiary/aromatic N) is 1. The van der Waals surface area contributed by atoms with Crippen LogP contribution >= 0.6 is 0 Å². The van der Waals surface area contributed by atoms with Gasteiger partial charge in [-0.1, -0.05) is 19.1 Å². The first kappa shape index (κ1) is 19.0. The summed E-state index contributed by atoms with van der Waals surface area (Å²) in [4.78, 5) is 25.9. The maximum Gasteiger partial charge on any atom is 0.253 e. The topological polar surface area (TPSA) is 58.6 Å². The summed E-state index contributed by atoms with van der Waals surface area (Å²) in [6.07, 6.45) is 0.512. The smallest absolute Gasteiger partial charge is 0.253 e. The average molecular weight is 374 g/mol. The van der Waals surface area contributed by atoms with Crippen molar-refractivity contribution < 1.29 is 23.1 Å². The molecule has 1 fully saturated rings. The van der Waals surface area contributed by atoms with Gasteiger partial charge < -0.3 is 15.0 Å². The molecule has 1 unspecified atom stereocenters. The van der Waals surface area contributed by atoms with E-state index in [9.17, 15) is 18.4 Å². The van der Waals surface area contributed by atoms with Crippen molar-refractivity contribution >= 4 is 17.5 Å². The van der Waals surface area contributed by atoms with Gasteiger partial charge in [-0.25, -0.2) is 8.78 Å². The van der Waals surface area contributed by atoms with Crippen LogP contribution in [0.5, 0.6) is 0 Å². The standard InChI is InChI=1S/C20H20F2N2O3/c1-2-13-3-6-15(7-4-13)24-11-16(27-12-19(24)25)10-23-20(26)14-5-8-17(21)18(22)9-14/h3-9,16H,2,10-12H2,1H3,(H,23,26). The fourth-order valence-electron chi connectivity index (χ4n) is 2.86. The molecule has 27 heavy (non-hydrogen) atoms. The van der Waals surface area contributed by atoms with Gasteiger partial charge in [-0.3, -0.25) is 9.59 Å². The second-order valence-electron chi connectivity index (χ2n) is 6.30. The van der Waals surface area contributed by atoms with E-state index in [4.69, 9.17) is 4.74 Å². The third-order valence-corrected chi connectivity index (χ3v) is 4.46. The number of aryl methyl sites for hydroxylation is 1. The van der Waals surface area contributed by atoms with E-state index < -0.39 is 23.6 Å². The van der Waals surface area contributed by atoms with Crippen molar-refractivity contribution in [3.8, 4) is 0 Å². The highest BCUT2D eigenvalue weighted by atomic mass is 19.2. The Morgan fingerprint density at radius 2 is 1.93 bits per heavy atom. The molecule has 1 N–H and O–H groups in total. The van der Waals surface area contributed by atoms with Gasteiger partial charge in [0.2, 0.25) is 0 Å². The molecule has 0 saturated carbocycles. The van der Waals surface area contributed by atoms with E-state index in [0.29, 0.717) is 6.54 Å². The predicted octanol–water partition coefficient (Wildman–Crippen LogP) is 2.69. The molecular weight excluding hydrogens is 354 g/mol. The molecule has 1 heterocycles. The van der Waals surface area contributed by atoms with E-state index >= 15 is 0 Å². The summed E-state index contributed by atoms with van der Waals surface area (Å²) in [5.74, 6) is -2.77. The highest BCUT2D eigenvalue weighted by Crippen LogP contribution is 2.19. The SMILES string of the molecule is CCc1ccc(N2CC(CNC(=O)c3ccc(F)c(F)c3)OCC2=O)cc1. The minimum absolute atomic E-state index is 0.0211. The van der Waals surface area contributed by atoms with Crippen LogP contribution in [0.25, 0.3) is 0 Å². The summed E-state index contributed by atoms with van der Waals surface area (Å²) in [5, 5.41) is 2.63. The summed E-state index contributed by atoms with van der Waals surface area (Å²) in [5.41, 5.74) is 1.97. The molecule has 2 amide bonds. The van der Waals surface area contributed by atoms with Gasteiger partial charge in [-0.2, -0.15) is 0 Å². The van der Waals surface area contributed by atoms with Gasteiger partial charge in [0.25, 0.3) is 11.8 Å². The zero-order valence-electron chi connectivity index (χ0n) is 14.9. The molecule has 0 radical (unpaired) electrons. The van der Waals surface area contributed by atoms with Crippen molar-refractivity contribution in [3.05, 3.63) is 65.2 Å². The van der Waals surface area contributed by atoms with Crippen LogP contribution in [0.2, 0.25) is 0 Å². The minimum atomic E-state index is -1.08. The number of hydrogen-bond acceptors (Lipinski definition) is 3. The van der Waals surface area contributed by atoms with Gasteiger partial charge >= 0.3 is 0 Å². The van der Waals surface area contributed by atoms with Gasteiger partial charge in [-0.05, 0) is 42.3 Å². The molecule has 0 aromatic heterocycles. The number of anilines is 1. The van der Waals surface area contributed by atoms with Crippen molar-refractivity contribution in [3.63, 3.8) is 0 Å². The predicted molar refractivity (Wildman–Crippen MR) is 96.6 cm³/mol. The van der Waals surface area contributed by atoms with E-state index in [0.717, 1.165) is 24.2 Å². The molecule has 142 valence electrons. The first-order chi connectivity index (χ1) is 13.0. The maximum absolute atomic E-state index is 13.2. The first-order valence-electron chi connectivity index (χ1n) is 8.72. The highest BCUT2D eigenvalue weighted by Gasteiger charge is 2.27. The van der Waals surface area contributed by atoms with E-state index in [1.807, 2.05) is 24.3 Å². The van der Waals surface area contributed by atoms with Crippen molar-refractivity contribution in [1.29, 1.82) is 0 Å². The normalized spacial score (nSPS) is 17.1. The molecule has 0 aliphatic carbocycles. The van der Waals surface area contributed by atoms with Crippen LogP contribution in [-0.4, -0.2) is 37.6 Å². The van der Waals surface area contributed by atoms with E-state index in [1.54, 1.807) is 4.90 Å². The fourth-order valence-corrected chi connectivity index (χ4v) is 2.86. The van der Waals surface area contributed by atoms with Crippen molar-refractivity contribution in [2.45, 2.75) is 19.4 Å². The van der Waals surface area contributed by atoms with Gasteiger partial charge in [0.05, 0.1) is 12.6 Å². The number of amides is 2. The van der Waals surface area contributed by atoms with Crippen LogP contribution in [0.4, 0.5) is 14.5 Å².